The highest BCUT2D eigenvalue weighted by molar-refractivity contribution is 14.1. The second-order valence-electron chi connectivity index (χ2n) is 9.82. The second kappa shape index (κ2) is 11.4. The number of nitrogens with one attached hydrogen (secondary N) is 1. The zero-order valence-electron chi connectivity index (χ0n) is 20.0. The molecule has 4 nitrogen and oxygen atoms in total. The van der Waals surface area contributed by atoms with Crippen LogP contribution in [0, 0.1) is 6.92 Å². The molecule has 1 saturated heterocycles. The lowest BCUT2D eigenvalue weighted by atomic mass is 9.86. The molecule has 0 spiro atoms. The largest absolute Gasteiger partial charge is 0.335 e. The van der Waals surface area contributed by atoms with Crippen LogP contribution in [0.1, 0.15) is 61.8 Å². The summed E-state index contributed by atoms with van der Waals surface area (Å²) >= 11 is 15.6. The number of carbonyl (C=O) groups is 1. The van der Waals surface area contributed by atoms with Crippen molar-refractivity contribution in [1.29, 1.82) is 0 Å². The van der Waals surface area contributed by atoms with Crippen molar-refractivity contribution >= 4 is 51.8 Å². The molecule has 2 aromatic rings. The summed E-state index contributed by atoms with van der Waals surface area (Å²) in [6.07, 6.45) is 5.93. The van der Waals surface area contributed by atoms with Crippen LogP contribution in [0.5, 0.6) is 0 Å². The fourth-order valence-electron chi connectivity index (χ4n) is 5.29. The van der Waals surface area contributed by atoms with E-state index in [-0.39, 0.29) is 15.5 Å². The van der Waals surface area contributed by atoms with E-state index in [4.69, 9.17) is 23.2 Å². The van der Waals surface area contributed by atoms with Crippen LogP contribution in [0.3, 0.4) is 0 Å². The maximum Gasteiger partial charge on any atom is 0.317 e. The zero-order valence-corrected chi connectivity index (χ0v) is 23.7. The Bertz CT molecular complexity index is 984. The first-order chi connectivity index (χ1) is 16.3. The van der Waals surface area contributed by atoms with Crippen molar-refractivity contribution in [3.8, 4) is 0 Å². The molecule has 2 aliphatic rings. The Morgan fingerprint density at radius 1 is 1.03 bits per heavy atom. The lowest BCUT2D eigenvalue weighted by Gasteiger charge is -2.46. The van der Waals surface area contributed by atoms with Crippen LogP contribution in [0.4, 0.5) is 4.79 Å². The number of hydrogen-bond donors (Lipinski definition) is 1. The molecule has 184 valence electrons. The van der Waals surface area contributed by atoms with Crippen LogP contribution in [-0.2, 0) is 3.42 Å². The van der Waals surface area contributed by atoms with Crippen molar-refractivity contribution in [1.82, 2.24) is 15.1 Å². The van der Waals surface area contributed by atoms with E-state index in [0.717, 1.165) is 31.5 Å². The summed E-state index contributed by atoms with van der Waals surface area (Å²) in [4.78, 5) is 17.4. The fraction of sp³-hybridized carbons (Fsp3) is 0.519. The molecule has 2 atom stereocenters. The summed E-state index contributed by atoms with van der Waals surface area (Å²) in [5.41, 5.74) is 3.57. The van der Waals surface area contributed by atoms with E-state index in [1.54, 1.807) is 0 Å². The molecule has 4 rings (SSSR count). The highest BCUT2D eigenvalue weighted by Gasteiger charge is 2.41. The van der Waals surface area contributed by atoms with Crippen LogP contribution in [0.15, 0.2) is 42.5 Å². The average molecular weight is 614 g/mol. The second-order valence-corrected chi connectivity index (χ2v) is 12.9. The smallest absolute Gasteiger partial charge is 0.317 e. The third-order valence-corrected chi connectivity index (χ3v) is 9.06. The molecule has 1 heterocycles. The number of urea groups is 1. The van der Waals surface area contributed by atoms with E-state index in [2.05, 4.69) is 77.0 Å². The number of rotatable bonds is 5. The number of hydrogen-bond acceptors (Lipinski definition) is 2. The molecule has 7 heteroatoms. The van der Waals surface area contributed by atoms with Gasteiger partial charge in [0.2, 0.25) is 0 Å². The van der Waals surface area contributed by atoms with Gasteiger partial charge in [-0.3, -0.25) is 4.90 Å². The third kappa shape index (κ3) is 6.03. The molecule has 2 amide bonds. The van der Waals surface area contributed by atoms with Crippen LogP contribution in [0.2, 0.25) is 10.0 Å². The molecular formula is C27H34Cl2IN3O. The predicted molar refractivity (Wildman–Crippen MR) is 150 cm³/mol. The Morgan fingerprint density at radius 3 is 2.29 bits per heavy atom. The summed E-state index contributed by atoms with van der Waals surface area (Å²) in [7, 11) is 0. The molecule has 2 fully saturated rings. The molecular weight excluding hydrogens is 580 g/mol. The summed E-state index contributed by atoms with van der Waals surface area (Å²) in [6, 6.07) is 15.0. The van der Waals surface area contributed by atoms with Crippen molar-refractivity contribution in [3.63, 3.8) is 0 Å². The molecule has 34 heavy (non-hydrogen) atoms. The number of aryl methyl sites for hydroxylation is 1. The Hall–Kier alpha value is -1.02. The Kier molecular flexibility index (Phi) is 8.71. The summed E-state index contributed by atoms with van der Waals surface area (Å²) < 4.78 is -0.227. The molecule has 0 radical (unpaired) electrons. The van der Waals surface area contributed by atoms with E-state index in [0.29, 0.717) is 29.2 Å². The van der Waals surface area contributed by atoms with Gasteiger partial charge in [0, 0.05) is 42.3 Å². The van der Waals surface area contributed by atoms with Crippen LogP contribution in [-0.4, -0.2) is 48.1 Å². The Morgan fingerprint density at radius 2 is 1.68 bits per heavy atom. The lowest BCUT2D eigenvalue weighted by Crippen LogP contribution is -2.55. The van der Waals surface area contributed by atoms with Gasteiger partial charge in [-0.15, -0.1) is 0 Å². The first-order valence-corrected chi connectivity index (χ1v) is 14.1. The monoisotopic (exact) mass is 613 g/mol. The zero-order chi connectivity index (χ0) is 24.3. The van der Waals surface area contributed by atoms with Crippen LogP contribution in [0.25, 0.3) is 0 Å². The Labute approximate surface area is 227 Å². The van der Waals surface area contributed by atoms with Crippen molar-refractivity contribution < 1.29 is 4.79 Å². The van der Waals surface area contributed by atoms with Crippen molar-refractivity contribution in [3.05, 3.63) is 69.2 Å². The standard InChI is InChI=1S/C27H34Cl2IN3O/c1-19-8-10-20(11-9-19)27(2,30)25(23-13-12-21(28)18-24(23)29)32-14-16-33(17-15-32)26(34)31-22-6-4-3-5-7-22/h8-13,18,22,25H,3-7,14-17H2,1-2H3,(H,31,34)/t25-,27?/m1/s1. The quantitative estimate of drug-likeness (QED) is 0.283. The number of halogens is 3. The van der Waals surface area contributed by atoms with Gasteiger partial charge in [-0.25, -0.2) is 4.79 Å². The minimum absolute atomic E-state index is 0.0455. The van der Waals surface area contributed by atoms with Gasteiger partial charge >= 0.3 is 6.03 Å². The van der Waals surface area contributed by atoms with Gasteiger partial charge in [0.25, 0.3) is 0 Å². The molecule has 1 N–H and O–H groups in total. The number of nitrogens with zero attached hydrogens (tertiary/aromatic N) is 2. The van der Waals surface area contributed by atoms with E-state index < -0.39 is 0 Å². The normalized spacial score (nSPS) is 20.6. The first-order valence-electron chi connectivity index (χ1n) is 12.3. The molecule has 1 aliphatic carbocycles. The van der Waals surface area contributed by atoms with Crippen LogP contribution < -0.4 is 5.32 Å². The number of piperazine rings is 1. The number of benzene rings is 2. The van der Waals surface area contributed by atoms with E-state index in [1.165, 1.54) is 30.4 Å². The van der Waals surface area contributed by atoms with E-state index in [1.807, 2.05) is 17.0 Å². The topological polar surface area (TPSA) is 35.6 Å². The molecule has 2 aromatic carbocycles. The highest BCUT2D eigenvalue weighted by Crippen LogP contribution is 2.48. The summed E-state index contributed by atoms with van der Waals surface area (Å²) in [5, 5.41) is 4.60. The van der Waals surface area contributed by atoms with Gasteiger partial charge in [0.05, 0.1) is 9.46 Å². The summed E-state index contributed by atoms with van der Waals surface area (Å²) in [6.45, 7) is 7.40. The average Bonchev–Trinajstić information content (AvgIpc) is 2.82. The third-order valence-electron chi connectivity index (χ3n) is 7.29. The van der Waals surface area contributed by atoms with Crippen molar-refractivity contribution in [2.45, 2.75) is 61.5 Å². The molecule has 1 unspecified atom stereocenters. The molecule has 1 aliphatic heterocycles. The van der Waals surface area contributed by atoms with Gasteiger partial charge < -0.3 is 10.2 Å². The van der Waals surface area contributed by atoms with Gasteiger partial charge in [-0.05, 0) is 49.9 Å². The number of amides is 2. The minimum Gasteiger partial charge on any atom is -0.335 e. The molecule has 1 saturated carbocycles. The lowest BCUT2D eigenvalue weighted by molar-refractivity contribution is 0.0934. The van der Waals surface area contributed by atoms with Crippen molar-refractivity contribution in [2.75, 3.05) is 26.2 Å². The van der Waals surface area contributed by atoms with Gasteiger partial charge in [0.1, 0.15) is 0 Å². The summed E-state index contributed by atoms with van der Waals surface area (Å²) in [5.74, 6) is 0. The maximum atomic E-state index is 12.9. The highest BCUT2D eigenvalue weighted by atomic mass is 127. The first kappa shape index (κ1) is 26.1. The molecule has 0 aromatic heterocycles. The Balaban J connectivity index is 1.54. The van der Waals surface area contributed by atoms with Gasteiger partial charge in [-0.1, -0.05) is 101 Å². The molecule has 0 bridgehead atoms. The SMILES string of the molecule is Cc1ccc(C(C)(I)[C@@H](c2ccc(Cl)cc2Cl)N2CCN(C(=O)NC3CCCCC3)CC2)cc1. The number of carbonyl (C=O) groups excluding carboxylic acids is 1. The predicted octanol–water partition coefficient (Wildman–Crippen LogP) is 7.35. The number of alkyl halides is 1. The fourth-order valence-corrected chi connectivity index (χ4v) is 6.89. The van der Waals surface area contributed by atoms with E-state index >= 15 is 0 Å². The maximum absolute atomic E-state index is 12.9. The van der Waals surface area contributed by atoms with Crippen LogP contribution >= 0.6 is 45.8 Å². The van der Waals surface area contributed by atoms with Gasteiger partial charge in [-0.2, -0.15) is 0 Å². The van der Waals surface area contributed by atoms with E-state index in [9.17, 15) is 4.79 Å². The van der Waals surface area contributed by atoms with Crippen molar-refractivity contribution in [2.24, 2.45) is 0 Å². The van der Waals surface area contributed by atoms with Gasteiger partial charge in [0.15, 0.2) is 0 Å². The minimum atomic E-state index is -0.227.